The van der Waals surface area contributed by atoms with Crippen molar-refractivity contribution in [3.8, 4) is 0 Å². The first-order chi connectivity index (χ1) is 9.54. The Morgan fingerprint density at radius 1 is 1.30 bits per heavy atom. The van der Waals surface area contributed by atoms with Crippen LogP contribution in [0.5, 0.6) is 0 Å². The summed E-state index contributed by atoms with van der Waals surface area (Å²) in [4.78, 5) is 22.7. The summed E-state index contributed by atoms with van der Waals surface area (Å²) in [5, 5.41) is 0.757. The van der Waals surface area contributed by atoms with Gasteiger partial charge in [-0.05, 0) is 37.1 Å². The first kappa shape index (κ1) is 15.2. The Hall–Kier alpha value is -1.20. The van der Waals surface area contributed by atoms with Crippen molar-refractivity contribution in [2.45, 2.75) is 30.5 Å². The minimum atomic E-state index is -0.363. The summed E-state index contributed by atoms with van der Waals surface area (Å²) in [5.74, 6) is -0.639. The van der Waals surface area contributed by atoms with E-state index in [4.69, 9.17) is 21.1 Å². The molecule has 1 aliphatic rings. The van der Waals surface area contributed by atoms with E-state index in [1.807, 2.05) is 0 Å². The number of carbonyl (C=O) groups is 2. The van der Waals surface area contributed by atoms with Gasteiger partial charge in [-0.25, -0.2) is 4.79 Å². The predicted molar refractivity (Wildman–Crippen MR) is 77.9 cm³/mol. The van der Waals surface area contributed by atoms with Gasteiger partial charge in [-0.15, -0.1) is 11.8 Å². The topological polar surface area (TPSA) is 52.6 Å². The molecule has 1 heterocycles. The molecule has 1 aliphatic heterocycles. The lowest BCUT2D eigenvalue weighted by Gasteiger charge is -2.12. The fourth-order valence-electron chi connectivity index (χ4n) is 1.91. The molecule has 0 spiro atoms. The van der Waals surface area contributed by atoms with Crippen molar-refractivity contribution in [2.75, 3.05) is 6.61 Å². The number of esters is 2. The number of rotatable bonds is 4. The summed E-state index contributed by atoms with van der Waals surface area (Å²) < 4.78 is 10.4. The van der Waals surface area contributed by atoms with E-state index in [1.54, 1.807) is 24.3 Å². The maximum atomic E-state index is 11.8. The molecule has 0 saturated carbocycles. The van der Waals surface area contributed by atoms with E-state index in [0.29, 0.717) is 17.2 Å². The van der Waals surface area contributed by atoms with Gasteiger partial charge in [-0.3, -0.25) is 4.79 Å². The SMILES string of the molecule is CC(=O)OC1CC[C@H](COC(=O)c2ccc(Cl)cc2)S1. The van der Waals surface area contributed by atoms with Crippen LogP contribution in [0.4, 0.5) is 0 Å². The van der Waals surface area contributed by atoms with Crippen molar-refractivity contribution in [1.29, 1.82) is 0 Å². The second kappa shape index (κ2) is 6.99. The Morgan fingerprint density at radius 2 is 2.00 bits per heavy atom. The highest BCUT2D eigenvalue weighted by atomic mass is 35.5. The number of hydrogen-bond acceptors (Lipinski definition) is 5. The average molecular weight is 315 g/mol. The zero-order chi connectivity index (χ0) is 14.5. The molecule has 108 valence electrons. The lowest BCUT2D eigenvalue weighted by atomic mass is 10.2. The molecule has 0 aliphatic carbocycles. The van der Waals surface area contributed by atoms with Crippen molar-refractivity contribution in [1.82, 2.24) is 0 Å². The van der Waals surface area contributed by atoms with Crippen LogP contribution in [0, 0.1) is 0 Å². The van der Waals surface area contributed by atoms with Crippen molar-refractivity contribution in [3.63, 3.8) is 0 Å². The molecule has 0 radical (unpaired) electrons. The van der Waals surface area contributed by atoms with Crippen LogP contribution in [0.2, 0.25) is 5.02 Å². The van der Waals surface area contributed by atoms with Crippen LogP contribution >= 0.6 is 23.4 Å². The molecule has 0 aromatic heterocycles. The number of halogens is 1. The Labute approximate surface area is 126 Å². The molecule has 4 nitrogen and oxygen atoms in total. The molecule has 1 fully saturated rings. The molecule has 1 aromatic carbocycles. The minimum Gasteiger partial charge on any atom is -0.461 e. The fourth-order valence-corrected chi connectivity index (χ4v) is 3.34. The normalized spacial score (nSPS) is 21.5. The third-order valence-electron chi connectivity index (χ3n) is 2.85. The first-order valence-electron chi connectivity index (χ1n) is 6.30. The summed E-state index contributed by atoms with van der Waals surface area (Å²) >= 11 is 7.29. The Kier molecular flexibility index (Phi) is 5.31. The van der Waals surface area contributed by atoms with Crippen LogP contribution < -0.4 is 0 Å². The fraction of sp³-hybridized carbons (Fsp3) is 0.429. The predicted octanol–water partition coefficient (Wildman–Crippen LogP) is 3.28. The van der Waals surface area contributed by atoms with Crippen molar-refractivity contribution in [2.24, 2.45) is 0 Å². The molecular formula is C14H15ClO4S. The van der Waals surface area contributed by atoms with E-state index in [0.717, 1.165) is 12.8 Å². The van der Waals surface area contributed by atoms with E-state index >= 15 is 0 Å². The standard InChI is InChI=1S/C14H15ClO4S/c1-9(16)19-13-7-6-12(20-13)8-18-14(17)10-2-4-11(15)5-3-10/h2-5,12-13H,6-8H2,1H3/t12-,13?/m1/s1. The van der Waals surface area contributed by atoms with Crippen LogP contribution in [-0.2, 0) is 14.3 Å². The van der Waals surface area contributed by atoms with E-state index < -0.39 is 0 Å². The zero-order valence-electron chi connectivity index (χ0n) is 11.0. The maximum absolute atomic E-state index is 11.8. The van der Waals surface area contributed by atoms with Gasteiger partial charge in [0.25, 0.3) is 0 Å². The van der Waals surface area contributed by atoms with E-state index in [9.17, 15) is 9.59 Å². The Balaban J connectivity index is 1.77. The second-order valence-electron chi connectivity index (χ2n) is 4.48. The van der Waals surface area contributed by atoms with Crippen LogP contribution in [0.15, 0.2) is 24.3 Å². The zero-order valence-corrected chi connectivity index (χ0v) is 12.6. The van der Waals surface area contributed by atoms with Crippen LogP contribution in [-0.4, -0.2) is 29.2 Å². The van der Waals surface area contributed by atoms with Gasteiger partial charge in [-0.1, -0.05) is 11.6 Å². The molecule has 0 bridgehead atoms. The van der Waals surface area contributed by atoms with Crippen LogP contribution in [0.1, 0.15) is 30.1 Å². The van der Waals surface area contributed by atoms with Gasteiger partial charge < -0.3 is 9.47 Å². The van der Waals surface area contributed by atoms with Gasteiger partial charge >= 0.3 is 11.9 Å². The molecule has 2 atom stereocenters. The monoisotopic (exact) mass is 314 g/mol. The minimum absolute atomic E-state index is 0.119. The highest BCUT2D eigenvalue weighted by Crippen LogP contribution is 2.34. The number of hydrogen-bond donors (Lipinski definition) is 0. The number of carbonyl (C=O) groups excluding carboxylic acids is 2. The molecule has 2 rings (SSSR count). The lowest BCUT2D eigenvalue weighted by Crippen LogP contribution is -2.14. The molecule has 1 aromatic rings. The third kappa shape index (κ3) is 4.42. The summed E-state index contributed by atoms with van der Waals surface area (Å²) in [6, 6.07) is 6.57. The highest BCUT2D eigenvalue weighted by molar-refractivity contribution is 8.00. The number of thioether (sulfide) groups is 1. The van der Waals surface area contributed by atoms with E-state index in [1.165, 1.54) is 18.7 Å². The van der Waals surface area contributed by atoms with E-state index in [2.05, 4.69) is 0 Å². The smallest absolute Gasteiger partial charge is 0.338 e. The highest BCUT2D eigenvalue weighted by Gasteiger charge is 2.28. The summed E-state index contributed by atoms with van der Waals surface area (Å²) in [6.45, 7) is 1.72. The second-order valence-corrected chi connectivity index (χ2v) is 6.38. The summed E-state index contributed by atoms with van der Waals surface area (Å²) in [7, 11) is 0. The van der Waals surface area contributed by atoms with Gasteiger partial charge in [0.15, 0.2) is 0 Å². The van der Waals surface area contributed by atoms with E-state index in [-0.39, 0.29) is 22.6 Å². The van der Waals surface area contributed by atoms with Gasteiger partial charge in [0.2, 0.25) is 0 Å². The molecule has 0 amide bonds. The summed E-state index contributed by atoms with van der Waals surface area (Å²) in [6.07, 6.45) is 1.67. The van der Waals surface area contributed by atoms with Gasteiger partial charge in [-0.2, -0.15) is 0 Å². The average Bonchev–Trinajstić information content (AvgIpc) is 2.83. The lowest BCUT2D eigenvalue weighted by molar-refractivity contribution is -0.142. The Morgan fingerprint density at radius 3 is 2.65 bits per heavy atom. The largest absolute Gasteiger partial charge is 0.461 e. The molecule has 20 heavy (non-hydrogen) atoms. The third-order valence-corrected chi connectivity index (χ3v) is 4.49. The molecule has 1 saturated heterocycles. The van der Waals surface area contributed by atoms with Crippen molar-refractivity contribution >= 4 is 35.3 Å². The van der Waals surface area contributed by atoms with Crippen LogP contribution in [0.3, 0.4) is 0 Å². The first-order valence-corrected chi connectivity index (χ1v) is 7.62. The molecule has 0 N–H and O–H groups in total. The number of benzene rings is 1. The molecular weight excluding hydrogens is 300 g/mol. The Bertz CT molecular complexity index is 488. The molecule has 1 unspecified atom stereocenters. The quantitative estimate of drug-likeness (QED) is 0.798. The summed E-state index contributed by atoms with van der Waals surface area (Å²) in [5.41, 5.74) is 0.362. The number of ether oxygens (including phenoxy) is 2. The van der Waals surface area contributed by atoms with Crippen LogP contribution in [0.25, 0.3) is 0 Å². The van der Waals surface area contributed by atoms with Crippen molar-refractivity contribution < 1.29 is 19.1 Å². The maximum Gasteiger partial charge on any atom is 0.338 e. The van der Waals surface area contributed by atoms with Gasteiger partial charge in [0, 0.05) is 17.2 Å². The van der Waals surface area contributed by atoms with Crippen molar-refractivity contribution in [3.05, 3.63) is 34.9 Å². The van der Waals surface area contributed by atoms with Gasteiger partial charge in [0.05, 0.1) is 5.56 Å². The molecule has 6 heteroatoms. The van der Waals surface area contributed by atoms with Gasteiger partial charge in [0.1, 0.15) is 12.0 Å².